The van der Waals surface area contributed by atoms with Crippen LogP contribution in [0, 0.1) is 22.7 Å². The van der Waals surface area contributed by atoms with E-state index in [1.54, 1.807) is 5.57 Å². The van der Waals surface area contributed by atoms with Gasteiger partial charge in [-0.2, -0.15) is 0 Å². The van der Waals surface area contributed by atoms with Crippen LogP contribution in [-0.4, -0.2) is 0 Å². The molecule has 4 rings (SSSR count). The first kappa shape index (κ1) is 12.2. The molecule has 3 saturated carbocycles. The van der Waals surface area contributed by atoms with Crippen molar-refractivity contribution in [3.63, 3.8) is 0 Å². The maximum absolute atomic E-state index is 2.59. The molecule has 19 heavy (non-hydrogen) atoms. The van der Waals surface area contributed by atoms with Crippen LogP contribution in [0.25, 0.3) is 0 Å². The van der Waals surface area contributed by atoms with Gasteiger partial charge in [-0.05, 0) is 67.6 Å². The second-order valence-electron chi connectivity index (χ2n) is 8.17. The fourth-order valence-corrected chi connectivity index (χ4v) is 6.03. The standard InChI is InChI=1S/C19H28/c1-18-11-5-7-16(18)15-9-8-14-6-3-4-12-19(14,2)17(15)10-13-18/h8-9,16-17H,3-7,10-13H2,1-2H3/t16-,17+,18-,19+/m0/s1. The Kier molecular flexibility index (Phi) is 2.57. The zero-order chi connectivity index (χ0) is 13.1. The van der Waals surface area contributed by atoms with Crippen molar-refractivity contribution in [2.45, 2.75) is 71.6 Å². The predicted molar refractivity (Wildman–Crippen MR) is 80.9 cm³/mol. The van der Waals surface area contributed by atoms with E-state index in [-0.39, 0.29) is 0 Å². The molecule has 0 radical (unpaired) electrons. The second-order valence-corrected chi connectivity index (χ2v) is 8.17. The lowest BCUT2D eigenvalue weighted by Gasteiger charge is -2.53. The highest BCUT2D eigenvalue weighted by atomic mass is 14.6. The van der Waals surface area contributed by atoms with Gasteiger partial charge in [-0.1, -0.05) is 50.0 Å². The molecule has 3 fully saturated rings. The second kappa shape index (κ2) is 3.99. The van der Waals surface area contributed by atoms with Gasteiger partial charge in [0.15, 0.2) is 0 Å². The summed E-state index contributed by atoms with van der Waals surface area (Å²) in [6.45, 7) is 5.16. The minimum Gasteiger partial charge on any atom is -0.0637 e. The van der Waals surface area contributed by atoms with E-state index in [4.69, 9.17) is 0 Å². The summed E-state index contributed by atoms with van der Waals surface area (Å²) in [6.07, 6.45) is 18.2. The molecule has 0 N–H and O–H groups in total. The number of rotatable bonds is 0. The zero-order valence-electron chi connectivity index (χ0n) is 12.7. The predicted octanol–water partition coefficient (Wildman–Crippen LogP) is 5.65. The molecule has 4 aliphatic carbocycles. The highest BCUT2D eigenvalue weighted by molar-refractivity contribution is 5.38. The summed E-state index contributed by atoms with van der Waals surface area (Å²) in [5.41, 5.74) is 4.83. The van der Waals surface area contributed by atoms with Crippen LogP contribution >= 0.6 is 0 Å². The van der Waals surface area contributed by atoms with Gasteiger partial charge in [0.1, 0.15) is 0 Å². The average molecular weight is 256 g/mol. The first-order chi connectivity index (χ1) is 9.13. The molecule has 0 heteroatoms. The molecule has 0 amide bonds. The van der Waals surface area contributed by atoms with Crippen LogP contribution in [0.2, 0.25) is 0 Å². The average Bonchev–Trinajstić information content (AvgIpc) is 2.79. The van der Waals surface area contributed by atoms with Gasteiger partial charge in [0.05, 0.1) is 0 Å². The van der Waals surface area contributed by atoms with Gasteiger partial charge in [-0.25, -0.2) is 0 Å². The highest BCUT2D eigenvalue weighted by Crippen LogP contribution is 2.63. The van der Waals surface area contributed by atoms with Crippen molar-refractivity contribution in [3.8, 4) is 0 Å². The first-order valence-corrected chi connectivity index (χ1v) is 8.55. The van der Waals surface area contributed by atoms with Crippen LogP contribution in [-0.2, 0) is 0 Å². The van der Waals surface area contributed by atoms with E-state index in [1.165, 1.54) is 57.8 Å². The van der Waals surface area contributed by atoms with Gasteiger partial charge >= 0.3 is 0 Å². The van der Waals surface area contributed by atoms with Crippen LogP contribution in [0.5, 0.6) is 0 Å². The molecule has 4 aliphatic rings. The van der Waals surface area contributed by atoms with Crippen LogP contribution in [0.4, 0.5) is 0 Å². The lowest BCUT2D eigenvalue weighted by Crippen LogP contribution is -2.43. The summed E-state index contributed by atoms with van der Waals surface area (Å²) in [4.78, 5) is 0. The van der Waals surface area contributed by atoms with Crippen LogP contribution < -0.4 is 0 Å². The maximum Gasteiger partial charge on any atom is -0.00476 e. The molecule has 104 valence electrons. The van der Waals surface area contributed by atoms with Crippen molar-refractivity contribution < 1.29 is 0 Å². The molecule has 0 aliphatic heterocycles. The van der Waals surface area contributed by atoms with Gasteiger partial charge in [-0.3, -0.25) is 0 Å². The Labute approximate surface area is 118 Å². The van der Waals surface area contributed by atoms with E-state index in [0.29, 0.717) is 10.8 Å². The summed E-state index contributed by atoms with van der Waals surface area (Å²) in [5.74, 6) is 1.81. The lowest BCUT2D eigenvalue weighted by molar-refractivity contribution is 0.0988. The molecule has 0 aromatic heterocycles. The minimum absolute atomic E-state index is 0.534. The summed E-state index contributed by atoms with van der Waals surface area (Å²) >= 11 is 0. The molecule has 0 spiro atoms. The smallest absolute Gasteiger partial charge is 0.00476 e. The highest BCUT2D eigenvalue weighted by Gasteiger charge is 2.52. The van der Waals surface area contributed by atoms with Crippen molar-refractivity contribution in [3.05, 3.63) is 23.3 Å². The van der Waals surface area contributed by atoms with Gasteiger partial charge in [0, 0.05) is 0 Å². The zero-order valence-corrected chi connectivity index (χ0v) is 12.7. The molecule has 0 aromatic rings. The Morgan fingerprint density at radius 2 is 1.79 bits per heavy atom. The Balaban J connectivity index is 1.76. The molecule has 0 aromatic carbocycles. The summed E-state index contributed by atoms with van der Waals surface area (Å²) in [7, 11) is 0. The van der Waals surface area contributed by atoms with Gasteiger partial charge in [0.25, 0.3) is 0 Å². The van der Waals surface area contributed by atoms with E-state index >= 15 is 0 Å². The van der Waals surface area contributed by atoms with Crippen LogP contribution in [0.3, 0.4) is 0 Å². The van der Waals surface area contributed by atoms with Crippen molar-refractivity contribution in [1.29, 1.82) is 0 Å². The van der Waals surface area contributed by atoms with E-state index in [0.717, 1.165) is 11.8 Å². The van der Waals surface area contributed by atoms with Crippen LogP contribution in [0.1, 0.15) is 71.6 Å². The monoisotopic (exact) mass is 256 g/mol. The Hall–Kier alpha value is -0.520. The lowest BCUT2D eigenvalue weighted by atomic mass is 9.51. The molecule has 4 atom stereocenters. The van der Waals surface area contributed by atoms with Gasteiger partial charge < -0.3 is 0 Å². The van der Waals surface area contributed by atoms with Gasteiger partial charge in [-0.15, -0.1) is 0 Å². The van der Waals surface area contributed by atoms with Crippen LogP contribution in [0.15, 0.2) is 23.3 Å². The summed E-state index contributed by atoms with van der Waals surface area (Å²) in [5, 5.41) is 0. The van der Waals surface area contributed by atoms with Crippen molar-refractivity contribution in [1.82, 2.24) is 0 Å². The number of hydrogen-bond acceptors (Lipinski definition) is 0. The largest absolute Gasteiger partial charge is 0.0637 e. The van der Waals surface area contributed by atoms with E-state index in [9.17, 15) is 0 Å². The molecule has 0 bridgehead atoms. The third-order valence-electron chi connectivity index (χ3n) is 7.26. The molecule has 0 saturated heterocycles. The fraction of sp³-hybridized carbons (Fsp3) is 0.789. The molecular weight excluding hydrogens is 228 g/mol. The van der Waals surface area contributed by atoms with Crippen molar-refractivity contribution in [2.75, 3.05) is 0 Å². The summed E-state index contributed by atoms with van der Waals surface area (Å²) in [6, 6.07) is 0. The fourth-order valence-electron chi connectivity index (χ4n) is 6.03. The van der Waals surface area contributed by atoms with E-state index < -0.39 is 0 Å². The van der Waals surface area contributed by atoms with E-state index in [1.807, 2.05) is 5.57 Å². The number of hydrogen-bond donors (Lipinski definition) is 0. The van der Waals surface area contributed by atoms with Crippen molar-refractivity contribution in [2.24, 2.45) is 22.7 Å². The molecule has 0 unspecified atom stereocenters. The third-order valence-corrected chi connectivity index (χ3v) is 7.26. The van der Waals surface area contributed by atoms with Gasteiger partial charge in [0.2, 0.25) is 0 Å². The Morgan fingerprint density at radius 3 is 2.68 bits per heavy atom. The SMILES string of the molecule is C[C@@]12CCC[C@H]1C1=CC=C3CCCC[C@@]3(C)[C@@H]1CC2. The maximum atomic E-state index is 2.59. The Bertz CT molecular complexity index is 455. The number of fused-ring (bicyclic) bond motifs is 5. The first-order valence-electron chi connectivity index (χ1n) is 8.55. The molecule has 0 nitrogen and oxygen atoms in total. The quantitative estimate of drug-likeness (QED) is 0.525. The number of allylic oxidation sites excluding steroid dienone is 4. The molecule has 0 heterocycles. The molecular formula is C19H28. The summed E-state index contributed by atoms with van der Waals surface area (Å²) < 4.78 is 0. The van der Waals surface area contributed by atoms with E-state index in [2.05, 4.69) is 26.0 Å². The Morgan fingerprint density at radius 1 is 0.895 bits per heavy atom. The normalized spacial score (nSPS) is 48.7. The van der Waals surface area contributed by atoms with Crippen molar-refractivity contribution >= 4 is 0 Å². The minimum atomic E-state index is 0.534. The third kappa shape index (κ3) is 1.58. The topological polar surface area (TPSA) is 0 Å².